The highest BCUT2D eigenvalue weighted by molar-refractivity contribution is 5.96. The summed E-state index contributed by atoms with van der Waals surface area (Å²) in [6.07, 6.45) is 3.80. The first-order valence-electron chi connectivity index (χ1n) is 6.51. The average molecular weight is 280 g/mol. The molecule has 3 heterocycles. The Labute approximate surface area is 120 Å². The third-order valence-electron chi connectivity index (χ3n) is 3.42. The summed E-state index contributed by atoms with van der Waals surface area (Å²) in [6.45, 7) is 0.0528. The van der Waals surface area contributed by atoms with Crippen molar-refractivity contribution in [2.75, 3.05) is 17.7 Å². The van der Waals surface area contributed by atoms with E-state index >= 15 is 0 Å². The van der Waals surface area contributed by atoms with E-state index in [0.29, 0.717) is 22.8 Å². The highest BCUT2D eigenvalue weighted by Crippen LogP contribution is 2.32. The van der Waals surface area contributed by atoms with E-state index in [1.54, 1.807) is 0 Å². The molecule has 2 aromatic heterocycles. The fraction of sp³-hybridized carbons (Fsp3) is 0.0667. The Balaban J connectivity index is 1.83. The van der Waals surface area contributed by atoms with Crippen molar-refractivity contribution in [3.8, 4) is 17.0 Å². The third-order valence-corrected chi connectivity index (χ3v) is 3.42. The summed E-state index contributed by atoms with van der Waals surface area (Å²) in [6, 6.07) is 9.28. The molecule has 1 aromatic carbocycles. The quantitative estimate of drug-likeness (QED) is 0.713. The van der Waals surface area contributed by atoms with Crippen LogP contribution in [0.3, 0.4) is 0 Å². The van der Waals surface area contributed by atoms with Crippen LogP contribution in [0.5, 0.6) is 5.75 Å². The lowest BCUT2D eigenvalue weighted by atomic mass is 10.1. The van der Waals surface area contributed by atoms with Crippen LogP contribution in [0.4, 0.5) is 11.4 Å². The Morgan fingerprint density at radius 2 is 2.24 bits per heavy atom. The van der Waals surface area contributed by atoms with Crippen LogP contribution in [0.25, 0.3) is 16.9 Å². The number of nitrogens with two attached hydrogens (primary N) is 1. The minimum Gasteiger partial charge on any atom is -0.482 e. The Hall–Kier alpha value is -3.02. The minimum atomic E-state index is -0.154. The van der Waals surface area contributed by atoms with Gasteiger partial charge in [-0.25, -0.2) is 4.98 Å². The van der Waals surface area contributed by atoms with Gasteiger partial charge in [0.2, 0.25) is 0 Å². The molecule has 1 aliphatic heterocycles. The number of benzene rings is 1. The maximum absolute atomic E-state index is 11.4. The Kier molecular flexibility index (Phi) is 2.38. The molecule has 4 rings (SSSR count). The Bertz CT molecular complexity index is 869. The van der Waals surface area contributed by atoms with Crippen LogP contribution in [0.2, 0.25) is 0 Å². The zero-order valence-corrected chi connectivity index (χ0v) is 11.0. The van der Waals surface area contributed by atoms with Crippen LogP contribution in [-0.4, -0.2) is 21.9 Å². The molecule has 6 nitrogen and oxygen atoms in total. The van der Waals surface area contributed by atoms with Crippen LogP contribution >= 0.6 is 0 Å². The smallest absolute Gasteiger partial charge is 0.262 e. The molecule has 0 atom stereocenters. The number of hydrogen-bond donors (Lipinski definition) is 2. The molecule has 6 heteroatoms. The van der Waals surface area contributed by atoms with Gasteiger partial charge in [-0.1, -0.05) is 0 Å². The van der Waals surface area contributed by atoms with Crippen LogP contribution in [0.15, 0.2) is 42.7 Å². The molecule has 0 bridgehead atoms. The first kappa shape index (κ1) is 11.8. The molecule has 0 unspecified atom stereocenters. The van der Waals surface area contributed by atoms with Gasteiger partial charge in [0.1, 0.15) is 5.75 Å². The van der Waals surface area contributed by atoms with Crippen LogP contribution in [0, 0.1) is 0 Å². The van der Waals surface area contributed by atoms with Crippen molar-refractivity contribution in [2.45, 2.75) is 0 Å². The maximum Gasteiger partial charge on any atom is 0.262 e. The Morgan fingerprint density at radius 1 is 1.33 bits per heavy atom. The first-order chi connectivity index (χ1) is 10.2. The monoisotopic (exact) mass is 280 g/mol. The average Bonchev–Trinajstić information content (AvgIpc) is 2.92. The van der Waals surface area contributed by atoms with Gasteiger partial charge in [-0.15, -0.1) is 0 Å². The molecule has 1 aliphatic rings. The van der Waals surface area contributed by atoms with Crippen LogP contribution in [0.1, 0.15) is 0 Å². The highest BCUT2D eigenvalue weighted by atomic mass is 16.5. The number of nitrogen functional groups attached to an aromatic ring is 1. The fourth-order valence-corrected chi connectivity index (χ4v) is 2.42. The van der Waals surface area contributed by atoms with Crippen molar-refractivity contribution in [1.82, 2.24) is 9.38 Å². The van der Waals surface area contributed by atoms with Crippen molar-refractivity contribution in [3.63, 3.8) is 0 Å². The molecule has 0 spiro atoms. The molecule has 0 radical (unpaired) electrons. The molecule has 0 aliphatic carbocycles. The van der Waals surface area contributed by atoms with E-state index in [0.717, 1.165) is 11.3 Å². The van der Waals surface area contributed by atoms with Crippen LogP contribution < -0.4 is 15.8 Å². The zero-order chi connectivity index (χ0) is 14.4. The number of pyridine rings is 1. The largest absolute Gasteiger partial charge is 0.482 e. The van der Waals surface area contributed by atoms with E-state index in [1.165, 1.54) is 0 Å². The number of nitrogens with one attached hydrogen (secondary N) is 1. The summed E-state index contributed by atoms with van der Waals surface area (Å²) >= 11 is 0. The van der Waals surface area contributed by atoms with E-state index in [2.05, 4.69) is 10.3 Å². The van der Waals surface area contributed by atoms with Gasteiger partial charge in [0.25, 0.3) is 5.91 Å². The third kappa shape index (κ3) is 1.88. The number of rotatable bonds is 1. The number of carbonyl (C=O) groups is 1. The van der Waals surface area contributed by atoms with Crippen molar-refractivity contribution in [3.05, 3.63) is 42.7 Å². The number of carbonyl (C=O) groups excluding carboxylic acids is 1. The van der Waals surface area contributed by atoms with Gasteiger partial charge in [0.05, 0.1) is 17.1 Å². The number of anilines is 2. The normalized spacial score (nSPS) is 13.6. The Morgan fingerprint density at radius 3 is 3.10 bits per heavy atom. The molecule has 1 amide bonds. The zero-order valence-electron chi connectivity index (χ0n) is 11.0. The van der Waals surface area contributed by atoms with Gasteiger partial charge < -0.3 is 20.2 Å². The molecule has 104 valence electrons. The second-order valence-electron chi connectivity index (χ2n) is 4.87. The van der Waals surface area contributed by atoms with E-state index in [4.69, 9.17) is 10.5 Å². The number of ether oxygens (including phenoxy) is 1. The number of fused-ring (bicyclic) bond motifs is 2. The molecule has 3 aromatic rings. The maximum atomic E-state index is 11.4. The van der Waals surface area contributed by atoms with Crippen molar-refractivity contribution >= 4 is 22.9 Å². The summed E-state index contributed by atoms with van der Waals surface area (Å²) in [4.78, 5) is 15.9. The van der Waals surface area contributed by atoms with Gasteiger partial charge in [-0.2, -0.15) is 0 Å². The summed E-state index contributed by atoms with van der Waals surface area (Å²) < 4.78 is 7.22. The standard InChI is InChI=1S/C15H12N4O2/c16-10-2-1-5-19-7-12(18-15(10)19)9-3-4-13-11(6-9)17-14(20)8-21-13/h1-7H,8,16H2,(H,17,20). The molecule has 3 N–H and O–H groups in total. The number of aromatic nitrogens is 2. The predicted molar refractivity (Wildman–Crippen MR) is 79.2 cm³/mol. The van der Waals surface area contributed by atoms with E-state index < -0.39 is 0 Å². The fourth-order valence-electron chi connectivity index (χ4n) is 2.42. The molecular formula is C15H12N4O2. The SMILES string of the molecule is Nc1cccn2cc(-c3ccc4c(c3)NC(=O)CO4)nc12. The van der Waals surface area contributed by atoms with Crippen molar-refractivity contribution in [2.24, 2.45) is 0 Å². The first-order valence-corrected chi connectivity index (χ1v) is 6.51. The minimum absolute atomic E-state index is 0.0528. The number of nitrogens with zero attached hydrogens (tertiary/aromatic N) is 2. The lowest BCUT2D eigenvalue weighted by molar-refractivity contribution is -0.118. The predicted octanol–water partition coefficient (Wildman–Crippen LogP) is 1.91. The number of amides is 1. The van der Waals surface area contributed by atoms with Gasteiger partial charge in [-0.3, -0.25) is 4.79 Å². The van der Waals surface area contributed by atoms with Gasteiger partial charge >= 0.3 is 0 Å². The summed E-state index contributed by atoms with van der Waals surface area (Å²) in [5.74, 6) is 0.514. The second-order valence-corrected chi connectivity index (χ2v) is 4.87. The highest BCUT2D eigenvalue weighted by Gasteiger charge is 2.17. The number of imidazole rings is 1. The summed E-state index contributed by atoms with van der Waals surface area (Å²) in [7, 11) is 0. The molecule has 21 heavy (non-hydrogen) atoms. The van der Waals surface area contributed by atoms with E-state index in [9.17, 15) is 4.79 Å². The van der Waals surface area contributed by atoms with Crippen molar-refractivity contribution < 1.29 is 9.53 Å². The lowest BCUT2D eigenvalue weighted by Crippen LogP contribution is -2.25. The molecule has 0 fully saturated rings. The molecule has 0 saturated heterocycles. The lowest BCUT2D eigenvalue weighted by Gasteiger charge is -2.18. The van der Waals surface area contributed by atoms with Gasteiger partial charge in [-0.05, 0) is 30.3 Å². The molecular weight excluding hydrogens is 268 g/mol. The number of hydrogen-bond acceptors (Lipinski definition) is 4. The molecule has 0 saturated carbocycles. The van der Waals surface area contributed by atoms with Gasteiger partial charge in [0.15, 0.2) is 12.3 Å². The summed E-state index contributed by atoms with van der Waals surface area (Å²) in [5, 5.41) is 2.79. The van der Waals surface area contributed by atoms with Crippen LogP contribution in [-0.2, 0) is 4.79 Å². The topological polar surface area (TPSA) is 81.7 Å². The van der Waals surface area contributed by atoms with Crippen molar-refractivity contribution in [1.29, 1.82) is 0 Å². The summed E-state index contributed by atoms with van der Waals surface area (Å²) in [5.41, 5.74) is 9.59. The second kappa shape index (κ2) is 4.24. The van der Waals surface area contributed by atoms with Gasteiger partial charge in [0, 0.05) is 18.0 Å². The van der Waals surface area contributed by atoms with E-state index in [-0.39, 0.29) is 12.5 Å². The van der Waals surface area contributed by atoms with E-state index in [1.807, 2.05) is 47.1 Å².